The second kappa shape index (κ2) is 7.48. The largest absolute Gasteiger partial charge is 0.493 e. The molecule has 0 bridgehead atoms. The van der Waals surface area contributed by atoms with Crippen LogP contribution in [0, 0.1) is 0 Å². The van der Waals surface area contributed by atoms with E-state index in [1.54, 1.807) is 26.4 Å². The van der Waals surface area contributed by atoms with E-state index in [1.165, 1.54) is 0 Å². The number of aliphatic imine (C=N–C) groups is 1. The number of carbonyl (C=O) groups is 1. The molecule has 0 N–H and O–H groups in total. The van der Waals surface area contributed by atoms with Crippen LogP contribution in [-0.4, -0.2) is 26.1 Å². The molecule has 0 radical (unpaired) electrons. The highest BCUT2D eigenvalue weighted by Gasteiger charge is 2.25. The molecule has 1 heterocycles. The lowest BCUT2D eigenvalue weighted by Gasteiger charge is -2.10. The first kappa shape index (κ1) is 18.3. The lowest BCUT2D eigenvalue weighted by atomic mass is 10.0. The Balaban J connectivity index is 1.76. The summed E-state index contributed by atoms with van der Waals surface area (Å²) in [4.78, 5) is 16.8. The Bertz CT molecular complexity index is 1150. The summed E-state index contributed by atoms with van der Waals surface area (Å²) >= 11 is 3.45. The molecule has 0 unspecified atom stereocenters. The van der Waals surface area contributed by atoms with Crippen molar-refractivity contribution in [2.24, 2.45) is 4.99 Å². The van der Waals surface area contributed by atoms with E-state index < -0.39 is 5.97 Å². The van der Waals surface area contributed by atoms with Gasteiger partial charge in [-0.15, -0.1) is 0 Å². The third-order valence-corrected chi connectivity index (χ3v) is 4.99. The first-order valence-electron chi connectivity index (χ1n) is 8.53. The second-order valence-corrected chi connectivity index (χ2v) is 6.96. The Kier molecular flexibility index (Phi) is 4.88. The first-order valence-corrected chi connectivity index (χ1v) is 9.32. The maximum atomic E-state index is 12.4. The van der Waals surface area contributed by atoms with Crippen molar-refractivity contribution in [1.29, 1.82) is 0 Å². The zero-order valence-corrected chi connectivity index (χ0v) is 16.8. The van der Waals surface area contributed by atoms with E-state index in [0.29, 0.717) is 21.9 Å². The summed E-state index contributed by atoms with van der Waals surface area (Å²) in [6.07, 6.45) is 1.66. The van der Waals surface area contributed by atoms with E-state index in [4.69, 9.17) is 14.2 Å². The molecule has 140 valence electrons. The molecule has 0 aromatic heterocycles. The molecule has 0 fully saturated rings. The van der Waals surface area contributed by atoms with Gasteiger partial charge >= 0.3 is 5.97 Å². The highest BCUT2D eigenvalue weighted by Crippen LogP contribution is 2.37. The number of hydrogen-bond donors (Lipinski definition) is 0. The van der Waals surface area contributed by atoms with Crippen LogP contribution in [0.3, 0.4) is 0 Å². The summed E-state index contributed by atoms with van der Waals surface area (Å²) in [5.41, 5.74) is 1.74. The SMILES string of the molecule is COc1cc(/C=C2/N=C(c3cccc4ccccc34)OC2=O)cc(Br)c1OC. The van der Waals surface area contributed by atoms with Crippen LogP contribution in [0.5, 0.6) is 11.5 Å². The van der Waals surface area contributed by atoms with Crippen molar-refractivity contribution in [3.8, 4) is 11.5 Å². The molecule has 1 aliphatic rings. The first-order chi connectivity index (χ1) is 13.6. The average Bonchev–Trinajstić information content (AvgIpc) is 3.07. The molecule has 3 aromatic carbocycles. The van der Waals surface area contributed by atoms with Crippen molar-refractivity contribution in [3.63, 3.8) is 0 Å². The number of benzene rings is 3. The topological polar surface area (TPSA) is 57.1 Å². The summed E-state index contributed by atoms with van der Waals surface area (Å²) in [5.74, 6) is 0.938. The third kappa shape index (κ3) is 3.27. The van der Waals surface area contributed by atoms with Gasteiger partial charge < -0.3 is 14.2 Å². The predicted molar refractivity (Wildman–Crippen MR) is 112 cm³/mol. The van der Waals surface area contributed by atoms with E-state index in [9.17, 15) is 4.79 Å². The molecule has 28 heavy (non-hydrogen) atoms. The van der Waals surface area contributed by atoms with Crippen molar-refractivity contribution in [1.82, 2.24) is 0 Å². The molecule has 4 rings (SSSR count). The Morgan fingerprint density at radius 2 is 1.82 bits per heavy atom. The van der Waals surface area contributed by atoms with E-state index in [1.807, 2.05) is 48.5 Å². The summed E-state index contributed by atoms with van der Waals surface area (Å²) in [6.45, 7) is 0. The summed E-state index contributed by atoms with van der Waals surface area (Å²) in [6, 6.07) is 17.3. The molecule has 5 nitrogen and oxygen atoms in total. The van der Waals surface area contributed by atoms with Gasteiger partial charge in [0.2, 0.25) is 5.90 Å². The van der Waals surface area contributed by atoms with Crippen molar-refractivity contribution in [3.05, 3.63) is 75.9 Å². The van der Waals surface area contributed by atoms with E-state index in [2.05, 4.69) is 20.9 Å². The quantitative estimate of drug-likeness (QED) is 0.427. The van der Waals surface area contributed by atoms with E-state index in [-0.39, 0.29) is 5.70 Å². The summed E-state index contributed by atoms with van der Waals surface area (Å²) < 4.78 is 16.8. The fourth-order valence-electron chi connectivity index (χ4n) is 3.12. The number of cyclic esters (lactones) is 1. The van der Waals surface area contributed by atoms with Gasteiger partial charge in [-0.25, -0.2) is 9.79 Å². The molecule has 6 heteroatoms. The molecule has 0 atom stereocenters. The molecule has 0 saturated carbocycles. The van der Waals surface area contributed by atoms with Gasteiger partial charge in [-0.1, -0.05) is 36.4 Å². The summed E-state index contributed by atoms with van der Waals surface area (Å²) in [7, 11) is 3.12. The van der Waals surface area contributed by atoms with Gasteiger partial charge in [-0.05, 0) is 56.5 Å². The molecule has 0 saturated heterocycles. The van der Waals surface area contributed by atoms with E-state index in [0.717, 1.165) is 21.9 Å². The number of carbonyl (C=O) groups excluding carboxylic acids is 1. The van der Waals surface area contributed by atoms with Gasteiger partial charge in [0.15, 0.2) is 17.2 Å². The minimum atomic E-state index is -0.492. The van der Waals surface area contributed by atoms with Crippen LogP contribution in [0.1, 0.15) is 11.1 Å². The Morgan fingerprint density at radius 3 is 2.61 bits per heavy atom. The highest BCUT2D eigenvalue weighted by atomic mass is 79.9. The Morgan fingerprint density at radius 1 is 1.04 bits per heavy atom. The third-order valence-electron chi connectivity index (χ3n) is 4.40. The van der Waals surface area contributed by atoms with Crippen LogP contribution in [0.15, 0.2) is 69.8 Å². The van der Waals surface area contributed by atoms with Gasteiger partial charge in [0.05, 0.1) is 18.7 Å². The monoisotopic (exact) mass is 437 g/mol. The highest BCUT2D eigenvalue weighted by molar-refractivity contribution is 9.10. The Hall–Kier alpha value is -3.12. The van der Waals surface area contributed by atoms with Crippen LogP contribution < -0.4 is 9.47 Å². The fourth-order valence-corrected chi connectivity index (χ4v) is 3.74. The van der Waals surface area contributed by atoms with Crippen molar-refractivity contribution < 1.29 is 19.0 Å². The minimum Gasteiger partial charge on any atom is -0.493 e. The van der Waals surface area contributed by atoms with Gasteiger partial charge in [0, 0.05) is 5.56 Å². The molecular formula is C22H16BrNO4. The average molecular weight is 438 g/mol. The van der Waals surface area contributed by atoms with Gasteiger partial charge in [0.25, 0.3) is 0 Å². The van der Waals surface area contributed by atoms with Gasteiger partial charge in [0.1, 0.15) is 0 Å². The minimum absolute atomic E-state index is 0.224. The van der Waals surface area contributed by atoms with Crippen LogP contribution >= 0.6 is 15.9 Å². The number of ether oxygens (including phenoxy) is 3. The van der Waals surface area contributed by atoms with Crippen molar-refractivity contribution in [2.45, 2.75) is 0 Å². The van der Waals surface area contributed by atoms with Crippen LogP contribution in [0.25, 0.3) is 16.8 Å². The van der Waals surface area contributed by atoms with Crippen LogP contribution in [0.4, 0.5) is 0 Å². The molecular weight excluding hydrogens is 422 g/mol. The van der Waals surface area contributed by atoms with Gasteiger partial charge in [-0.2, -0.15) is 0 Å². The Labute approximate surface area is 170 Å². The maximum Gasteiger partial charge on any atom is 0.363 e. The molecule has 0 aliphatic carbocycles. The number of halogens is 1. The fraction of sp³-hybridized carbons (Fsp3) is 0.0909. The second-order valence-electron chi connectivity index (χ2n) is 6.10. The number of fused-ring (bicyclic) bond motifs is 1. The maximum absolute atomic E-state index is 12.4. The normalized spacial score (nSPS) is 14.9. The zero-order valence-electron chi connectivity index (χ0n) is 15.2. The molecule has 3 aromatic rings. The van der Waals surface area contributed by atoms with Crippen LogP contribution in [0.2, 0.25) is 0 Å². The van der Waals surface area contributed by atoms with Crippen molar-refractivity contribution in [2.75, 3.05) is 14.2 Å². The smallest absolute Gasteiger partial charge is 0.363 e. The lowest BCUT2D eigenvalue weighted by molar-refractivity contribution is -0.129. The zero-order chi connectivity index (χ0) is 19.7. The summed E-state index contributed by atoms with van der Waals surface area (Å²) in [5, 5.41) is 2.03. The molecule has 0 amide bonds. The lowest BCUT2D eigenvalue weighted by Crippen LogP contribution is -2.05. The predicted octanol–water partition coefficient (Wildman–Crippen LogP) is 4.96. The number of esters is 1. The molecule has 0 spiro atoms. The number of rotatable bonds is 4. The number of nitrogens with zero attached hydrogens (tertiary/aromatic N) is 1. The van der Waals surface area contributed by atoms with Crippen LogP contribution in [-0.2, 0) is 9.53 Å². The number of hydrogen-bond acceptors (Lipinski definition) is 5. The van der Waals surface area contributed by atoms with Crippen molar-refractivity contribution >= 4 is 44.6 Å². The van der Waals surface area contributed by atoms with E-state index >= 15 is 0 Å². The molecule has 1 aliphatic heterocycles. The van der Waals surface area contributed by atoms with Gasteiger partial charge in [-0.3, -0.25) is 0 Å². The standard InChI is InChI=1S/C22H16BrNO4/c1-26-19-12-13(10-17(23)20(19)27-2)11-18-22(25)28-21(24-18)16-9-5-7-14-6-3-4-8-15(14)16/h3-12H,1-2H3/b18-11+. The number of methoxy groups -OCH3 is 2.